The maximum atomic E-state index is 13.9. The fourth-order valence-electron chi connectivity index (χ4n) is 4.62. The lowest BCUT2D eigenvalue weighted by Gasteiger charge is -2.21. The molecule has 0 saturated heterocycles. The van der Waals surface area contributed by atoms with Crippen molar-refractivity contribution in [2.75, 3.05) is 5.73 Å². The molecule has 34 heavy (non-hydrogen) atoms. The number of Topliss-reactive ketones (excluding diaryl/α,β-unsaturated/α-hetero) is 3. The molecule has 1 atom stereocenters. The number of carbonyl (C=O) groups is 3. The van der Waals surface area contributed by atoms with Crippen LogP contribution in [0.4, 0.5) is 5.82 Å². The van der Waals surface area contributed by atoms with Crippen LogP contribution in [0.3, 0.4) is 0 Å². The van der Waals surface area contributed by atoms with E-state index in [1.54, 1.807) is 55.5 Å². The van der Waals surface area contributed by atoms with Gasteiger partial charge in [0.25, 0.3) is 0 Å². The topological polar surface area (TPSA) is 95.1 Å². The molecule has 0 spiro atoms. The highest BCUT2D eigenvalue weighted by Gasteiger charge is 2.48. The van der Waals surface area contributed by atoms with Crippen molar-refractivity contribution in [3.8, 4) is 5.69 Å². The first kappa shape index (κ1) is 21.8. The van der Waals surface area contributed by atoms with Gasteiger partial charge in [-0.25, -0.2) is 4.68 Å². The summed E-state index contributed by atoms with van der Waals surface area (Å²) >= 11 is 6.02. The van der Waals surface area contributed by atoms with Gasteiger partial charge in [-0.1, -0.05) is 54.1 Å². The standard InChI is InChI=1S/C27H20ClN3O3/c1-15-21(27(29)31(30-15)18-7-3-2-4-8-18)22(24(32)16-11-13-17(28)14-12-16)23-25(33)19-9-5-6-10-20(19)26(23)34/h2-14,22-23H,29H2,1H3. The Morgan fingerprint density at radius 3 is 2.06 bits per heavy atom. The zero-order valence-electron chi connectivity index (χ0n) is 18.2. The molecule has 0 amide bonds. The maximum Gasteiger partial charge on any atom is 0.175 e. The average molecular weight is 470 g/mol. The highest BCUT2D eigenvalue weighted by Crippen LogP contribution is 2.42. The normalized spacial score (nSPS) is 14.3. The van der Waals surface area contributed by atoms with Gasteiger partial charge in [-0.15, -0.1) is 0 Å². The monoisotopic (exact) mass is 469 g/mol. The molecule has 1 unspecified atom stereocenters. The van der Waals surface area contributed by atoms with Crippen LogP contribution in [0, 0.1) is 12.8 Å². The molecule has 0 bridgehead atoms. The number of benzene rings is 3. The summed E-state index contributed by atoms with van der Waals surface area (Å²) in [5, 5.41) is 5.03. The fourth-order valence-corrected chi connectivity index (χ4v) is 4.75. The van der Waals surface area contributed by atoms with Crippen LogP contribution in [0.15, 0.2) is 78.9 Å². The number of rotatable bonds is 5. The lowest BCUT2D eigenvalue weighted by atomic mass is 9.77. The smallest absolute Gasteiger partial charge is 0.175 e. The number of halogens is 1. The number of nitrogens with zero attached hydrogens (tertiary/aromatic N) is 2. The van der Waals surface area contributed by atoms with E-state index in [0.29, 0.717) is 38.7 Å². The zero-order chi connectivity index (χ0) is 24.0. The van der Waals surface area contributed by atoms with Gasteiger partial charge >= 0.3 is 0 Å². The van der Waals surface area contributed by atoms with Gasteiger partial charge in [0.05, 0.1) is 17.3 Å². The Kier molecular flexibility index (Phi) is 5.38. The SMILES string of the molecule is Cc1nn(-c2ccccc2)c(N)c1C(C(=O)c1ccc(Cl)cc1)C1C(=O)c2ccccc2C1=O. The van der Waals surface area contributed by atoms with Gasteiger partial charge in [0.1, 0.15) is 11.7 Å². The van der Waals surface area contributed by atoms with E-state index < -0.39 is 17.6 Å². The number of anilines is 1. The summed E-state index contributed by atoms with van der Waals surface area (Å²) in [4.78, 5) is 40.8. The van der Waals surface area contributed by atoms with Crippen LogP contribution in [-0.4, -0.2) is 27.1 Å². The van der Waals surface area contributed by atoms with E-state index in [9.17, 15) is 14.4 Å². The second-order valence-corrected chi connectivity index (χ2v) is 8.67. The number of ketones is 3. The van der Waals surface area contributed by atoms with Crippen molar-refractivity contribution in [2.24, 2.45) is 5.92 Å². The van der Waals surface area contributed by atoms with Crippen molar-refractivity contribution >= 4 is 34.8 Å². The van der Waals surface area contributed by atoms with Crippen molar-refractivity contribution in [3.63, 3.8) is 0 Å². The van der Waals surface area contributed by atoms with Gasteiger partial charge in [0, 0.05) is 27.3 Å². The zero-order valence-corrected chi connectivity index (χ0v) is 19.0. The lowest BCUT2D eigenvalue weighted by molar-refractivity contribution is 0.0757. The number of para-hydroxylation sites is 1. The third-order valence-corrected chi connectivity index (χ3v) is 6.48. The molecule has 0 saturated carbocycles. The van der Waals surface area contributed by atoms with Crippen molar-refractivity contribution < 1.29 is 14.4 Å². The Hall–Kier alpha value is -4.03. The fraction of sp³-hybridized carbons (Fsp3) is 0.111. The highest BCUT2D eigenvalue weighted by atomic mass is 35.5. The molecule has 3 aromatic carbocycles. The number of aryl methyl sites for hydroxylation is 1. The summed E-state index contributed by atoms with van der Waals surface area (Å²) in [6.07, 6.45) is 0. The molecule has 6 nitrogen and oxygen atoms in total. The Labute approximate surface area is 201 Å². The van der Waals surface area contributed by atoms with Crippen molar-refractivity contribution in [1.29, 1.82) is 0 Å². The number of aromatic nitrogens is 2. The van der Waals surface area contributed by atoms with Crippen molar-refractivity contribution in [1.82, 2.24) is 9.78 Å². The molecule has 0 aliphatic heterocycles. The minimum atomic E-state index is -1.23. The first-order valence-electron chi connectivity index (χ1n) is 10.8. The van der Waals surface area contributed by atoms with E-state index in [1.165, 1.54) is 4.68 Å². The Morgan fingerprint density at radius 2 is 1.47 bits per heavy atom. The number of nitrogen functional groups attached to an aromatic ring is 1. The first-order chi connectivity index (χ1) is 16.4. The number of nitrogens with two attached hydrogens (primary N) is 1. The third-order valence-electron chi connectivity index (χ3n) is 6.22. The molecular formula is C27H20ClN3O3. The van der Waals surface area contributed by atoms with E-state index in [0.717, 1.165) is 0 Å². The van der Waals surface area contributed by atoms with Crippen LogP contribution < -0.4 is 5.73 Å². The molecule has 1 aliphatic carbocycles. The molecule has 0 radical (unpaired) electrons. The summed E-state index contributed by atoms with van der Waals surface area (Å²) in [5.41, 5.74) is 9.07. The summed E-state index contributed by atoms with van der Waals surface area (Å²) in [5.74, 6) is -3.31. The third kappa shape index (κ3) is 3.43. The number of hydrogen-bond donors (Lipinski definition) is 1. The van der Waals surface area contributed by atoms with Crippen LogP contribution in [0.1, 0.15) is 48.2 Å². The van der Waals surface area contributed by atoms with E-state index in [2.05, 4.69) is 5.10 Å². The van der Waals surface area contributed by atoms with Crippen LogP contribution in [-0.2, 0) is 0 Å². The molecule has 0 fully saturated rings. The molecule has 5 rings (SSSR count). The van der Waals surface area contributed by atoms with Crippen LogP contribution in [0.5, 0.6) is 0 Å². The highest BCUT2D eigenvalue weighted by molar-refractivity contribution is 6.31. The maximum absolute atomic E-state index is 13.9. The Morgan fingerprint density at radius 1 is 0.912 bits per heavy atom. The summed E-state index contributed by atoms with van der Waals surface area (Å²) in [6.45, 7) is 1.73. The van der Waals surface area contributed by atoms with Gasteiger partial charge in [-0.3, -0.25) is 14.4 Å². The molecule has 1 aromatic heterocycles. The molecule has 2 N–H and O–H groups in total. The summed E-state index contributed by atoms with van der Waals surface area (Å²) in [7, 11) is 0. The largest absolute Gasteiger partial charge is 0.383 e. The summed E-state index contributed by atoms with van der Waals surface area (Å²) in [6, 6.07) is 22.3. The van der Waals surface area contributed by atoms with Crippen molar-refractivity contribution in [2.45, 2.75) is 12.8 Å². The van der Waals surface area contributed by atoms with Gasteiger partial charge in [-0.2, -0.15) is 5.10 Å². The van der Waals surface area contributed by atoms with Gasteiger partial charge < -0.3 is 5.73 Å². The van der Waals surface area contributed by atoms with Crippen LogP contribution >= 0.6 is 11.6 Å². The molecule has 168 valence electrons. The summed E-state index contributed by atoms with van der Waals surface area (Å²) < 4.78 is 1.53. The predicted molar refractivity (Wildman–Crippen MR) is 130 cm³/mol. The van der Waals surface area contributed by atoms with Crippen LogP contribution in [0.2, 0.25) is 5.02 Å². The van der Waals surface area contributed by atoms with E-state index in [1.807, 2.05) is 30.3 Å². The molecule has 7 heteroatoms. The molecule has 1 heterocycles. The van der Waals surface area contributed by atoms with Gasteiger partial charge in [0.2, 0.25) is 0 Å². The molecule has 1 aliphatic rings. The lowest BCUT2D eigenvalue weighted by Crippen LogP contribution is -2.31. The van der Waals surface area contributed by atoms with Crippen LogP contribution in [0.25, 0.3) is 5.69 Å². The molecule has 4 aromatic rings. The molecular weight excluding hydrogens is 450 g/mol. The minimum Gasteiger partial charge on any atom is -0.383 e. The van der Waals surface area contributed by atoms with Crippen molar-refractivity contribution in [3.05, 3.63) is 112 Å². The van der Waals surface area contributed by atoms with E-state index in [-0.39, 0.29) is 17.4 Å². The minimum absolute atomic E-state index is 0.215. The van der Waals surface area contributed by atoms with E-state index in [4.69, 9.17) is 17.3 Å². The quantitative estimate of drug-likeness (QED) is 0.325. The predicted octanol–water partition coefficient (Wildman–Crippen LogP) is 5.08. The van der Waals surface area contributed by atoms with E-state index >= 15 is 0 Å². The average Bonchev–Trinajstić information content (AvgIpc) is 3.29. The number of fused-ring (bicyclic) bond motifs is 1. The van der Waals surface area contributed by atoms with Gasteiger partial charge in [-0.05, 0) is 43.3 Å². The Balaban J connectivity index is 1.70. The Bertz CT molecular complexity index is 1410. The number of hydrogen-bond acceptors (Lipinski definition) is 5. The number of carbonyl (C=O) groups excluding carboxylic acids is 3. The first-order valence-corrected chi connectivity index (χ1v) is 11.1. The second-order valence-electron chi connectivity index (χ2n) is 8.23. The van der Waals surface area contributed by atoms with Gasteiger partial charge in [0.15, 0.2) is 17.3 Å². The second kappa shape index (κ2) is 8.39.